The second-order valence-electron chi connectivity index (χ2n) is 6.03. The van der Waals surface area contributed by atoms with E-state index in [2.05, 4.69) is 10.6 Å². The van der Waals surface area contributed by atoms with Crippen LogP contribution in [0, 0.1) is 0 Å². The monoisotopic (exact) mass is 321 g/mol. The zero-order valence-electron chi connectivity index (χ0n) is 12.9. The molecule has 6 nitrogen and oxygen atoms in total. The Labute approximate surface area is 129 Å². The lowest BCUT2D eigenvalue weighted by atomic mass is 10.0. The number of carbonyl (C=O) groups is 1. The molecule has 0 aromatic rings. The van der Waals surface area contributed by atoms with Crippen LogP contribution < -0.4 is 10.6 Å². The van der Waals surface area contributed by atoms with Gasteiger partial charge in [-0.2, -0.15) is 0 Å². The van der Waals surface area contributed by atoms with Crippen molar-refractivity contribution in [3.8, 4) is 0 Å². The predicted molar refractivity (Wildman–Crippen MR) is 77.0 cm³/mol. The number of rotatable bonds is 5. The van der Waals surface area contributed by atoms with E-state index in [0.29, 0.717) is 26.2 Å². The minimum absolute atomic E-state index is 0.156. The number of nitrogens with one attached hydrogen (secondary N) is 2. The zero-order valence-corrected chi connectivity index (χ0v) is 12.9. The van der Waals surface area contributed by atoms with Gasteiger partial charge >= 0.3 is 6.03 Å². The van der Waals surface area contributed by atoms with Crippen molar-refractivity contribution >= 4 is 6.03 Å². The van der Waals surface area contributed by atoms with Crippen molar-refractivity contribution in [1.29, 1.82) is 0 Å². The van der Waals surface area contributed by atoms with E-state index in [-0.39, 0.29) is 25.5 Å². The number of aliphatic hydroxyl groups excluding tert-OH is 1. The Morgan fingerprint density at radius 3 is 2.73 bits per heavy atom. The maximum Gasteiger partial charge on any atom is 0.315 e. The molecule has 0 spiro atoms. The van der Waals surface area contributed by atoms with Crippen molar-refractivity contribution in [1.82, 2.24) is 15.5 Å². The van der Waals surface area contributed by atoms with Crippen LogP contribution in [-0.2, 0) is 4.74 Å². The van der Waals surface area contributed by atoms with E-state index in [4.69, 9.17) is 4.74 Å². The quantitative estimate of drug-likeness (QED) is 0.692. The van der Waals surface area contributed by atoms with E-state index in [0.717, 1.165) is 6.42 Å². The summed E-state index contributed by atoms with van der Waals surface area (Å²) in [5.41, 5.74) is 0. The van der Waals surface area contributed by atoms with Gasteiger partial charge in [-0.3, -0.25) is 0 Å². The number of hydrogen-bond donors (Lipinski definition) is 3. The van der Waals surface area contributed by atoms with Gasteiger partial charge in [-0.25, -0.2) is 13.6 Å². The smallest absolute Gasteiger partial charge is 0.315 e. The summed E-state index contributed by atoms with van der Waals surface area (Å²) in [5, 5.41) is 15.6. The lowest BCUT2D eigenvalue weighted by Gasteiger charge is -2.33. The minimum Gasteiger partial charge on any atom is -0.388 e. The molecule has 0 radical (unpaired) electrons. The number of likely N-dealkylation sites (tertiary alicyclic amines) is 1. The molecule has 2 rings (SSSR count). The fourth-order valence-electron chi connectivity index (χ4n) is 2.75. The average molecular weight is 321 g/mol. The first-order valence-corrected chi connectivity index (χ1v) is 7.85. The van der Waals surface area contributed by atoms with E-state index in [1.165, 1.54) is 0 Å². The summed E-state index contributed by atoms with van der Waals surface area (Å²) in [6.07, 6.45) is -0.759. The Morgan fingerprint density at radius 2 is 2.09 bits per heavy atom. The van der Waals surface area contributed by atoms with Crippen LogP contribution in [0.1, 0.15) is 26.2 Å². The molecule has 3 N–H and O–H groups in total. The lowest BCUT2D eigenvalue weighted by molar-refractivity contribution is -0.0674. The summed E-state index contributed by atoms with van der Waals surface area (Å²) >= 11 is 0. The molecule has 0 aromatic heterocycles. The number of halogens is 2. The number of hydrogen-bond acceptors (Lipinski definition) is 4. The molecule has 2 aliphatic heterocycles. The van der Waals surface area contributed by atoms with Gasteiger partial charge in [0.25, 0.3) is 5.92 Å². The van der Waals surface area contributed by atoms with Gasteiger partial charge in [-0.15, -0.1) is 0 Å². The molecule has 0 aromatic carbocycles. The Hall–Kier alpha value is -0.990. The van der Waals surface area contributed by atoms with Crippen molar-refractivity contribution < 1.29 is 23.4 Å². The largest absolute Gasteiger partial charge is 0.388 e. The summed E-state index contributed by atoms with van der Waals surface area (Å²) in [6.45, 7) is 3.76. The second kappa shape index (κ2) is 7.52. The number of aliphatic hydroxyl groups is 1. The van der Waals surface area contributed by atoms with Gasteiger partial charge < -0.3 is 25.4 Å². The Bertz CT molecular complexity index is 374. The number of piperidine rings is 1. The van der Waals surface area contributed by atoms with E-state index in [1.54, 1.807) is 0 Å². The van der Waals surface area contributed by atoms with Gasteiger partial charge in [-0.05, 0) is 6.42 Å². The molecule has 0 unspecified atom stereocenters. The molecule has 2 aliphatic rings. The maximum absolute atomic E-state index is 13.1. The fraction of sp³-hybridized carbons (Fsp3) is 0.929. The third-order valence-corrected chi connectivity index (χ3v) is 4.16. The number of ether oxygens (including phenoxy) is 1. The van der Waals surface area contributed by atoms with Crippen LogP contribution >= 0.6 is 0 Å². The van der Waals surface area contributed by atoms with E-state index in [9.17, 15) is 18.7 Å². The maximum atomic E-state index is 13.1. The van der Waals surface area contributed by atoms with Gasteiger partial charge in [0.1, 0.15) is 6.10 Å². The second-order valence-corrected chi connectivity index (χ2v) is 6.03. The van der Waals surface area contributed by atoms with Crippen LogP contribution in [0.4, 0.5) is 13.6 Å². The minimum atomic E-state index is -2.58. The molecular weight excluding hydrogens is 296 g/mol. The van der Waals surface area contributed by atoms with Crippen LogP contribution in [0.5, 0.6) is 0 Å². The van der Waals surface area contributed by atoms with Crippen LogP contribution in [0.15, 0.2) is 0 Å². The molecule has 8 heteroatoms. The van der Waals surface area contributed by atoms with Gasteiger partial charge in [0.2, 0.25) is 0 Å². The topological polar surface area (TPSA) is 73.8 Å². The highest BCUT2D eigenvalue weighted by atomic mass is 19.3. The Morgan fingerprint density at radius 1 is 1.41 bits per heavy atom. The highest BCUT2D eigenvalue weighted by Crippen LogP contribution is 2.28. The van der Waals surface area contributed by atoms with Gasteiger partial charge in [0, 0.05) is 39.0 Å². The van der Waals surface area contributed by atoms with Crippen LogP contribution in [0.25, 0.3) is 0 Å². The van der Waals surface area contributed by atoms with E-state index >= 15 is 0 Å². The van der Waals surface area contributed by atoms with Crippen molar-refractivity contribution in [3.05, 3.63) is 0 Å². The molecule has 0 aliphatic carbocycles. The molecule has 128 valence electrons. The Kier molecular flexibility index (Phi) is 5.94. The van der Waals surface area contributed by atoms with Crippen molar-refractivity contribution in [2.24, 2.45) is 0 Å². The molecular formula is C14H25F2N3O3. The first-order chi connectivity index (χ1) is 10.4. The number of carbonyl (C=O) groups excluding carboxylic acids is 1. The first-order valence-electron chi connectivity index (χ1n) is 7.85. The lowest BCUT2D eigenvalue weighted by Crippen LogP contribution is -2.50. The summed E-state index contributed by atoms with van der Waals surface area (Å²) in [6, 6.07) is -0.791. The zero-order chi connectivity index (χ0) is 16.2. The summed E-state index contributed by atoms with van der Waals surface area (Å²) in [4.78, 5) is 13.5. The van der Waals surface area contributed by atoms with Crippen LogP contribution in [0.2, 0.25) is 0 Å². The highest BCUT2D eigenvalue weighted by Gasteiger charge is 2.40. The molecule has 0 bridgehead atoms. The highest BCUT2D eigenvalue weighted by molar-refractivity contribution is 5.74. The fourth-order valence-corrected chi connectivity index (χ4v) is 2.75. The third-order valence-electron chi connectivity index (χ3n) is 4.16. The summed E-state index contributed by atoms with van der Waals surface area (Å²) < 4.78 is 31.7. The van der Waals surface area contributed by atoms with Crippen molar-refractivity contribution in [2.75, 3.05) is 32.8 Å². The SMILES string of the molecule is CCCNC(=O)N[C@H]1CO[C@@H](CN2CCC(F)(F)CC2)[C@@H]1O. The van der Waals surface area contributed by atoms with Gasteiger partial charge in [-0.1, -0.05) is 6.92 Å². The van der Waals surface area contributed by atoms with Gasteiger partial charge in [0.15, 0.2) is 0 Å². The number of nitrogens with zero attached hydrogens (tertiary/aromatic N) is 1. The number of amides is 2. The molecule has 2 heterocycles. The molecule has 22 heavy (non-hydrogen) atoms. The van der Waals surface area contributed by atoms with E-state index in [1.807, 2.05) is 11.8 Å². The van der Waals surface area contributed by atoms with Crippen molar-refractivity contribution in [3.63, 3.8) is 0 Å². The van der Waals surface area contributed by atoms with E-state index < -0.39 is 24.2 Å². The molecule has 2 fully saturated rings. The summed E-state index contributed by atoms with van der Waals surface area (Å²) in [5.74, 6) is -2.58. The van der Waals surface area contributed by atoms with Crippen LogP contribution in [-0.4, -0.2) is 73.0 Å². The molecule has 3 atom stereocenters. The molecule has 2 saturated heterocycles. The average Bonchev–Trinajstić information content (AvgIpc) is 2.80. The standard InChI is InChI=1S/C14H25F2N3O3/c1-2-5-17-13(21)18-10-9-22-11(12(10)20)8-19-6-3-14(15,16)4-7-19/h10-12,20H,2-9H2,1H3,(H2,17,18,21)/t10-,11-,12+/m0/s1. The Balaban J connectivity index is 1.74. The number of alkyl halides is 2. The normalized spacial score (nSPS) is 31.9. The predicted octanol–water partition coefficient (Wildman–Crippen LogP) is 0.555. The molecule has 0 saturated carbocycles. The third kappa shape index (κ3) is 4.76. The van der Waals surface area contributed by atoms with Gasteiger partial charge in [0.05, 0.1) is 18.8 Å². The van der Waals surface area contributed by atoms with Crippen molar-refractivity contribution in [2.45, 2.75) is 50.4 Å². The van der Waals surface area contributed by atoms with Crippen LogP contribution in [0.3, 0.4) is 0 Å². The number of urea groups is 1. The molecule has 2 amide bonds. The first kappa shape index (κ1) is 17.4. The summed E-state index contributed by atoms with van der Waals surface area (Å²) in [7, 11) is 0.